The lowest BCUT2D eigenvalue weighted by atomic mass is 10.1. The second-order valence-electron chi connectivity index (χ2n) is 6.08. The fourth-order valence-electron chi connectivity index (χ4n) is 2.62. The van der Waals surface area contributed by atoms with Crippen LogP contribution in [-0.2, 0) is 21.2 Å². The monoisotopic (exact) mass is 424 g/mol. The highest BCUT2D eigenvalue weighted by atomic mass is 35.5. The van der Waals surface area contributed by atoms with Crippen LogP contribution < -0.4 is 10.1 Å². The molecule has 152 valence electrons. The van der Waals surface area contributed by atoms with E-state index in [0.29, 0.717) is 36.8 Å². The van der Waals surface area contributed by atoms with Crippen LogP contribution in [0, 0.1) is 0 Å². The predicted octanol–water partition coefficient (Wildman–Crippen LogP) is 3.11. The molecule has 0 fully saturated rings. The summed E-state index contributed by atoms with van der Waals surface area (Å²) in [4.78, 5) is 12.1. The molecule has 0 saturated carbocycles. The Hall–Kier alpha value is -2.09. The van der Waals surface area contributed by atoms with Crippen LogP contribution in [-0.4, -0.2) is 44.9 Å². The molecule has 2 aromatic rings. The van der Waals surface area contributed by atoms with Gasteiger partial charge in [0.15, 0.2) is 6.61 Å². The van der Waals surface area contributed by atoms with Gasteiger partial charge < -0.3 is 10.1 Å². The van der Waals surface area contributed by atoms with Crippen LogP contribution in [0.5, 0.6) is 5.75 Å². The van der Waals surface area contributed by atoms with Gasteiger partial charge in [0, 0.05) is 24.7 Å². The molecule has 0 aliphatic rings. The lowest BCUT2D eigenvalue weighted by Crippen LogP contribution is -2.31. The third-order valence-corrected chi connectivity index (χ3v) is 6.50. The molecule has 1 amide bonds. The molecule has 0 bridgehead atoms. The molecule has 0 atom stereocenters. The lowest BCUT2D eigenvalue weighted by molar-refractivity contribution is -0.123. The second-order valence-corrected chi connectivity index (χ2v) is 8.45. The van der Waals surface area contributed by atoms with Crippen molar-refractivity contribution < 1.29 is 17.9 Å². The zero-order valence-corrected chi connectivity index (χ0v) is 17.6. The van der Waals surface area contributed by atoms with Gasteiger partial charge in [-0.05, 0) is 48.4 Å². The summed E-state index contributed by atoms with van der Waals surface area (Å²) in [6, 6.07) is 13.5. The van der Waals surface area contributed by atoms with Gasteiger partial charge in [-0.25, -0.2) is 8.42 Å². The van der Waals surface area contributed by atoms with E-state index in [1.807, 2.05) is 13.8 Å². The number of carbonyl (C=O) groups excluding carboxylic acids is 1. The van der Waals surface area contributed by atoms with E-state index in [1.165, 1.54) is 4.31 Å². The molecule has 2 aromatic carbocycles. The van der Waals surface area contributed by atoms with Gasteiger partial charge >= 0.3 is 0 Å². The van der Waals surface area contributed by atoms with Crippen molar-refractivity contribution in [1.29, 1.82) is 0 Å². The number of carbonyl (C=O) groups is 1. The van der Waals surface area contributed by atoms with Gasteiger partial charge in [0.05, 0.1) is 4.90 Å². The Bertz CT molecular complexity index is 864. The van der Waals surface area contributed by atoms with Gasteiger partial charge in [0.2, 0.25) is 10.0 Å². The topological polar surface area (TPSA) is 75.7 Å². The van der Waals surface area contributed by atoms with E-state index in [-0.39, 0.29) is 17.4 Å². The number of nitrogens with one attached hydrogen (secondary N) is 1. The molecule has 2 rings (SSSR count). The zero-order valence-electron chi connectivity index (χ0n) is 16.0. The van der Waals surface area contributed by atoms with E-state index in [1.54, 1.807) is 48.5 Å². The lowest BCUT2D eigenvalue weighted by Gasteiger charge is -2.18. The van der Waals surface area contributed by atoms with Crippen molar-refractivity contribution in [2.45, 2.75) is 25.2 Å². The number of sulfonamides is 1. The first-order valence-electron chi connectivity index (χ1n) is 9.11. The van der Waals surface area contributed by atoms with Gasteiger partial charge in [-0.2, -0.15) is 4.31 Å². The summed E-state index contributed by atoms with van der Waals surface area (Å²) < 4.78 is 31.7. The van der Waals surface area contributed by atoms with Gasteiger partial charge in [-0.15, -0.1) is 0 Å². The third kappa shape index (κ3) is 6.22. The number of hydrogen-bond donors (Lipinski definition) is 1. The molecule has 28 heavy (non-hydrogen) atoms. The van der Waals surface area contributed by atoms with Gasteiger partial charge in [-0.1, -0.05) is 37.6 Å². The molecule has 0 spiro atoms. The number of hydrogen-bond acceptors (Lipinski definition) is 4. The van der Waals surface area contributed by atoms with E-state index in [9.17, 15) is 13.2 Å². The molecule has 8 heteroatoms. The predicted molar refractivity (Wildman–Crippen MR) is 110 cm³/mol. The fraction of sp³-hybridized carbons (Fsp3) is 0.350. The molecule has 0 aliphatic heterocycles. The summed E-state index contributed by atoms with van der Waals surface area (Å²) in [6.07, 6.45) is 0.596. The van der Waals surface area contributed by atoms with Crippen LogP contribution >= 0.6 is 11.6 Å². The van der Waals surface area contributed by atoms with Crippen LogP contribution in [0.25, 0.3) is 0 Å². The Labute approximate surface area is 171 Å². The van der Waals surface area contributed by atoms with Crippen molar-refractivity contribution >= 4 is 27.5 Å². The maximum Gasteiger partial charge on any atom is 0.257 e. The van der Waals surface area contributed by atoms with Crippen LogP contribution in [0.3, 0.4) is 0 Å². The van der Waals surface area contributed by atoms with Crippen molar-refractivity contribution in [2.75, 3.05) is 26.2 Å². The molecular weight excluding hydrogens is 400 g/mol. The van der Waals surface area contributed by atoms with Crippen LogP contribution in [0.1, 0.15) is 19.4 Å². The minimum absolute atomic E-state index is 0.0807. The van der Waals surface area contributed by atoms with Crippen molar-refractivity contribution in [2.24, 2.45) is 0 Å². The normalized spacial score (nSPS) is 11.4. The summed E-state index contributed by atoms with van der Waals surface area (Å²) in [7, 11) is -3.45. The summed E-state index contributed by atoms with van der Waals surface area (Å²) in [5.74, 6) is 0.347. The Morgan fingerprint density at radius 1 is 1.04 bits per heavy atom. The third-order valence-electron chi connectivity index (χ3n) is 4.19. The summed E-state index contributed by atoms with van der Waals surface area (Å²) >= 11 is 5.80. The van der Waals surface area contributed by atoms with E-state index >= 15 is 0 Å². The minimum Gasteiger partial charge on any atom is -0.484 e. The number of benzene rings is 2. The maximum absolute atomic E-state index is 12.5. The molecule has 0 aromatic heterocycles. The molecule has 0 aliphatic carbocycles. The van der Waals surface area contributed by atoms with E-state index in [4.69, 9.17) is 16.3 Å². The molecule has 1 N–H and O–H groups in total. The Kier molecular flexibility index (Phi) is 8.29. The maximum atomic E-state index is 12.5. The van der Waals surface area contributed by atoms with Gasteiger partial charge in [-0.3, -0.25) is 4.79 Å². The molecular formula is C20H25ClN2O4S. The number of amides is 1. The summed E-state index contributed by atoms with van der Waals surface area (Å²) in [5.41, 5.74) is 0.942. The second kappa shape index (κ2) is 10.5. The number of rotatable bonds is 10. The van der Waals surface area contributed by atoms with Crippen molar-refractivity contribution in [3.05, 3.63) is 59.1 Å². The quantitative estimate of drug-likeness (QED) is 0.635. The number of nitrogens with zero attached hydrogens (tertiary/aromatic N) is 1. The highest BCUT2D eigenvalue weighted by molar-refractivity contribution is 7.89. The Morgan fingerprint density at radius 2 is 1.64 bits per heavy atom. The highest BCUT2D eigenvalue weighted by Gasteiger charge is 2.21. The van der Waals surface area contributed by atoms with Crippen LogP contribution in [0.15, 0.2) is 53.4 Å². The number of halogens is 1. The molecule has 6 nitrogen and oxygen atoms in total. The largest absolute Gasteiger partial charge is 0.484 e. The van der Waals surface area contributed by atoms with Crippen LogP contribution in [0.2, 0.25) is 5.02 Å². The Morgan fingerprint density at radius 3 is 2.21 bits per heavy atom. The van der Waals surface area contributed by atoms with E-state index < -0.39 is 10.0 Å². The molecule has 0 heterocycles. The van der Waals surface area contributed by atoms with Gasteiger partial charge in [0.25, 0.3) is 5.91 Å². The molecule has 0 radical (unpaired) electrons. The molecule has 0 saturated heterocycles. The first-order chi connectivity index (χ1) is 13.4. The zero-order chi connectivity index (χ0) is 20.6. The van der Waals surface area contributed by atoms with Crippen molar-refractivity contribution in [1.82, 2.24) is 9.62 Å². The van der Waals surface area contributed by atoms with E-state index in [2.05, 4.69) is 5.32 Å². The average molecular weight is 425 g/mol. The average Bonchev–Trinajstić information content (AvgIpc) is 2.69. The van der Waals surface area contributed by atoms with E-state index in [0.717, 1.165) is 5.56 Å². The summed E-state index contributed by atoms with van der Waals surface area (Å²) in [6.45, 7) is 4.85. The highest BCUT2D eigenvalue weighted by Crippen LogP contribution is 2.17. The van der Waals surface area contributed by atoms with Crippen LogP contribution in [0.4, 0.5) is 0 Å². The fourth-order valence-corrected chi connectivity index (χ4v) is 4.20. The first-order valence-corrected chi connectivity index (χ1v) is 10.9. The standard InChI is InChI=1S/C20H25ClN2O4S/c1-3-23(4-2)28(25,26)19-11-5-16(6-12-19)13-14-22-20(24)15-27-18-9-7-17(21)8-10-18/h5-12H,3-4,13-15H2,1-2H3,(H,22,24). The SMILES string of the molecule is CCN(CC)S(=O)(=O)c1ccc(CCNC(=O)COc2ccc(Cl)cc2)cc1. The smallest absolute Gasteiger partial charge is 0.257 e. The summed E-state index contributed by atoms with van der Waals surface area (Å²) in [5, 5.41) is 3.38. The van der Waals surface area contributed by atoms with Crippen molar-refractivity contribution in [3.63, 3.8) is 0 Å². The first kappa shape index (κ1) is 22.2. The minimum atomic E-state index is -3.45. The van der Waals surface area contributed by atoms with Gasteiger partial charge in [0.1, 0.15) is 5.75 Å². The number of ether oxygens (including phenoxy) is 1. The Balaban J connectivity index is 1.80. The molecule has 0 unspecified atom stereocenters. The van der Waals surface area contributed by atoms with Crippen molar-refractivity contribution in [3.8, 4) is 5.75 Å².